The molecule has 0 unspecified atom stereocenters. The summed E-state index contributed by atoms with van der Waals surface area (Å²) in [6, 6.07) is 0.0572. The third kappa shape index (κ3) is 8.45. The van der Waals surface area contributed by atoms with Gasteiger partial charge in [0.15, 0.2) is 0 Å². The lowest BCUT2D eigenvalue weighted by molar-refractivity contribution is 0.112. The Morgan fingerprint density at radius 3 is 1.92 bits per heavy atom. The number of nitrogens with one attached hydrogen (secondary N) is 2. The first-order valence-corrected chi connectivity index (χ1v) is 10.2. The van der Waals surface area contributed by atoms with Gasteiger partial charge in [0.05, 0.1) is 0 Å². The normalized spacial score (nSPS) is 17.5. The maximum Gasteiger partial charge on any atom is 0.317 e. The summed E-state index contributed by atoms with van der Waals surface area (Å²) < 4.78 is 0. The van der Waals surface area contributed by atoms with Gasteiger partial charge >= 0.3 is 12.1 Å². The quantitative estimate of drug-likeness (QED) is 0.589. The fourth-order valence-corrected chi connectivity index (χ4v) is 3.15. The molecule has 25 heavy (non-hydrogen) atoms. The third-order valence-electron chi connectivity index (χ3n) is 4.79. The highest BCUT2D eigenvalue weighted by atomic mass is 16.2. The molecule has 0 aromatic heterocycles. The minimum absolute atomic E-state index is 0.00275. The second kappa shape index (κ2) is 12.8. The van der Waals surface area contributed by atoms with Crippen LogP contribution in [0.15, 0.2) is 0 Å². The summed E-state index contributed by atoms with van der Waals surface area (Å²) in [6.45, 7) is 9.67. The topological polar surface area (TPSA) is 64.7 Å². The number of carbonyl (C=O) groups excluding carboxylic acids is 2. The molecule has 1 fully saturated rings. The summed E-state index contributed by atoms with van der Waals surface area (Å²) in [7, 11) is 0. The number of piperazine rings is 1. The summed E-state index contributed by atoms with van der Waals surface area (Å²) in [5.41, 5.74) is 0. The molecular weight excluding hydrogens is 316 g/mol. The van der Waals surface area contributed by atoms with Crippen LogP contribution >= 0.6 is 0 Å². The highest BCUT2D eigenvalue weighted by Crippen LogP contribution is 2.10. The molecule has 1 rings (SSSR count). The molecule has 0 aromatic rings. The first-order valence-electron chi connectivity index (χ1n) is 10.2. The standard InChI is InChI=1S/C19H38N4O2/c1-4-6-8-10-12-20-18(24)22-14-15-23(17(3)16-22)19(25)21-13-11-9-7-5-2/h17H,4-16H2,1-3H3,(H,20,24)(H,21,25)/t17-/m1/s1. The van der Waals surface area contributed by atoms with Gasteiger partial charge in [-0.1, -0.05) is 52.4 Å². The van der Waals surface area contributed by atoms with Crippen molar-refractivity contribution in [3.8, 4) is 0 Å². The van der Waals surface area contributed by atoms with Gasteiger partial charge in [0.1, 0.15) is 0 Å². The molecule has 0 saturated carbocycles. The second-order valence-corrected chi connectivity index (χ2v) is 7.07. The number of urea groups is 2. The van der Waals surface area contributed by atoms with Crippen molar-refractivity contribution < 1.29 is 9.59 Å². The molecule has 4 amide bonds. The lowest BCUT2D eigenvalue weighted by Crippen LogP contribution is -2.59. The number of unbranched alkanes of at least 4 members (excludes halogenated alkanes) is 6. The van der Waals surface area contributed by atoms with Crippen molar-refractivity contribution in [3.63, 3.8) is 0 Å². The fourth-order valence-electron chi connectivity index (χ4n) is 3.15. The zero-order chi connectivity index (χ0) is 18.5. The molecule has 0 radical (unpaired) electrons. The smallest absolute Gasteiger partial charge is 0.317 e. The molecule has 0 bridgehead atoms. The first-order chi connectivity index (χ1) is 12.1. The van der Waals surface area contributed by atoms with Crippen LogP contribution in [0, 0.1) is 0 Å². The van der Waals surface area contributed by atoms with Crippen molar-refractivity contribution >= 4 is 12.1 Å². The van der Waals surface area contributed by atoms with Gasteiger partial charge in [-0.25, -0.2) is 9.59 Å². The lowest BCUT2D eigenvalue weighted by Gasteiger charge is -2.39. The van der Waals surface area contributed by atoms with Crippen LogP contribution in [0.25, 0.3) is 0 Å². The van der Waals surface area contributed by atoms with Crippen LogP contribution in [0.4, 0.5) is 9.59 Å². The summed E-state index contributed by atoms with van der Waals surface area (Å²) in [5.74, 6) is 0. The van der Waals surface area contributed by atoms with E-state index in [-0.39, 0.29) is 18.1 Å². The monoisotopic (exact) mass is 354 g/mol. The highest BCUT2D eigenvalue weighted by Gasteiger charge is 2.29. The molecule has 0 spiro atoms. The van der Waals surface area contributed by atoms with E-state index in [9.17, 15) is 9.59 Å². The van der Waals surface area contributed by atoms with E-state index in [4.69, 9.17) is 0 Å². The molecule has 1 aliphatic heterocycles. The van der Waals surface area contributed by atoms with Crippen LogP contribution < -0.4 is 10.6 Å². The van der Waals surface area contributed by atoms with Gasteiger partial charge < -0.3 is 20.4 Å². The molecule has 146 valence electrons. The van der Waals surface area contributed by atoms with Gasteiger partial charge in [-0.3, -0.25) is 0 Å². The molecule has 1 heterocycles. The zero-order valence-corrected chi connectivity index (χ0v) is 16.5. The van der Waals surface area contributed by atoms with Crippen LogP contribution in [0.5, 0.6) is 0 Å². The number of amides is 4. The van der Waals surface area contributed by atoms with E-state index in [1.807, 2.05) is 16.7 Å². The summed E-state index contributed by atoms with van der Waals surface area (Å²) in [6.07, 6.45) is 9.25. The van der Waals surface area contributed by atoms with Gasteiger partial charge in [0.25, 0.3) is 0 Å². The van der Waals surface area contributed by atoms with E-state index >= 15 is 0 Å². The number of carbonyl (C=O) groups is 2. The van der Waals surface area contributed by atoms with Crippen molar-refractivity contribution in [2.75, 3.05) is 32.7 Å². The first kappa shape index (κ1) is 21.6. The summed E-state index contributed by atoms with van der Waals surface area (Å²) >= 11 is 0. The van der Waals surface area contributed by atoms with Crippen LogP contribution in [-0.4, -0.2) is 60.6 Å². The maximum absolute atomic E-state index is 12.3. The van der Waals surface area contributed by atoms with Crippen molar-refractivity contribution in [3.05, 3.63) is 0 Å². The molecule has 0 aliphatic carbocycles. The molecule has 1 saturated heterocycles. The Balaban J connectivity index is 2.23. The Hall–Kier alpha value is -1.46. The lowest BCUT2D eigenvalue weighted by atomic mass is 10.2. The maximum atomic E-state index is 12.3. The van der Waals surface area contributed by atoms with Gasteiger partial charge in [0.2, 0.25) is 0 Å². The van der Waals surface area contributed by atoms with Crippen molar-refractivity contribution in [2.45, 2.75) is 78.2 Å². The van der Waals surface area contributed by atoms with Crippen LogP contribution in [0.3, 0.4) is 0 Å². The van der Waals surface area contributed by atoms with Crippen molar-refractivity contribution in [1.29, 1.82) is 0 Å². The Morgan fingerprint density at radius 2 is 1.40 bits per heavy atom. The Kier molecular flexibility index (Phi) is 11.1. The van der Waals surface area contributed by atoms with Crippen LogP contribution in [0.1, 0.15) is 72.1 Å². The molecule has 1 aliphatic rings. The number of nitrogens with zero attached hydrogens (tertiary/aromatic N) is 2. The van der Waals surface area contributed by atoms with E-state index in [2.05, 4.69) is 24.5 Å². The SMILES string of the molecule is CCCCCCNC(=O)N1CCN(C(=O)NCCCCCC)[C@H](C)C1. The molecule has 1 atom stereocenters. The summed E-state index contributed by atoms with van der Waals surface area (Å²) in [4.78, 5) is 28.2. The second-order valence-electron chi connectivity index (χ2n) is 7.07. The minimum atomic E-state index is 0.00275. The predicted octanol–water partition coefficient (Wildman–Crippen LogP) is 3.57. The number of hydrogen-bond donors (Lipinski definition) is 2. The van der Waals surface area contributed by atoms with E-state index in [1.165, 1.54) is 38.5 Å². The van der Waals surface area contributed by atoms with Crippen LogP contribution in [-0.2, 0) is 0 Å². The van der Waals surface area contributed by atoms with Crippen LogP contribution in [0.2, 0.25) is 0 Å². The van der Waals surface area contributed by atoms with E-state index < -0.39 is 0 Å². The number of hydrogen-bond acceptors (Lipinski definition) is 2. The molecule has 6 nitrogen and oxygen atoms in total. The Labute approximate surface area is 153 Å². The largest absolute Gasteiger partial charge is 0.338 e. The molecule has 2 N–H and O–H groups in total. The van der Waals surface area contributed by atoms with E-state index in [0.717, 1.165) is 25.9 Å². The molecule has 6 heteroatoms. The number of rotatable bonds is 10. The Morgan fingerprint density at radius 1 is 0.840 bits per heavy atom. The Bertz CT molecular complexity index is 390. The fraction of sp³-hybridized carbons (Fsp3) is 0.895. The van der Waals surface area contributed by atoms with Crippen molar-refractivity contribution in [2.24, 2.45) is 0 Å². The zero-order valence-electron chi connectivity index (χ0n) is 16.5. The predicted molar refractivity (Wildman–Crippen MR) is 103 cm³/mol. The highest BCUT2D eigenvalue weighted by molar-refractivity contribution is 5.76. The average Bonchev–Trinajstić information content (AvgIpc) is 2.60. The molecular formula is C19H38N4O2. The van der Waals surface area contributed by atoms with Gasteiger partial charge in [0, 0.05) is 38.8 Å². The van der Waals surface area contributed by atoms with E-state index in [0.29, 0.717) is 19.6 Å². The average molecular weight is 355 g/mol. The van der Waals surface area contributed by atoms with Gasteiger partial charge in [-0.15, -0.1) is 0 Å². The molecule has 0 aromatic carbocycles. The summed E-state index contributed by atoms with van der Waals surface area (Å²) in [5, 5.41) is 6.01. The van der Waals surface area contributed by atoms with Gasteiger partial charge in [-0.2, -0.15) is 0 Å². The van der Waals surface area contributed by atoms with E-state index in [1.54, 1.807) is 0 Å². The minimum Gasteiger partial charge on any atom is -0.338 e. The third-order valence-corrected chi connectivity index (χ3v) is 4.79. The van der Waals surface area contributed by atoms with Crippen molar-refractivity contribution in [1.82, 2.24) is 20.4 Å². The van der Waals surface area contributed by atoms with Gasteiger partial charge in [-0.05, 0) is 19.8 Å².